The number of carbonyl (C=O) groups is 1. The van der Waals surface area contributed by atoms with Gasteiger partial charge in [-0.3, -0.25) is 4.79 Å². The Kier molecular flexibility index (Phi) is 5.05. The van der Waals surface area contributed by atoms with Crippen molar-refractivity contribution in [2.75, 3.05) is 7.11 Å². The highest BCUT2D eigenvalue weighted by atomic mass is 16.5. The van der Waals surface area contributed by atoms with Crippen molar-refractivity contribution in [1.82, 2.24) is 5.32 Å². The minimum atomic E-state index is -0.0146. The van der Waals surface area contributed by atoms with Gasteiger partial charge in [0.15, 0.2) is 0 Å². The Morgan fingerprint density at radius 1 is 1.30 bits per heavy atom. The van der Waals surface area contributed by atoms with Crippen LogP contribution in [-0.2, 0) is 4.79 Å². The molecule has 0 aliphatic heterocycles. The number of rotatable bonds is 4. The van der Waals surface area contributed by atoms with Crippen LogP contribution in [0.3, 0.4) is 0 Å². The van der Waals surface area contributed by atoms with E-state index in [9.17, 15) is 4.79 Å². The number of methoxy groups -OCH3 is 1. The van der Waals surface area contributed by atoms with Crippen molar-refractivity contribution in [3.05, 3.63) is 29.3 Å². The van der Waals surface area contributed by atoms with Gasteiger partial charge in [-0.1, -0.05) is 37.0 Å². The molecule has 1 aromatic carbocycles. The van der Waals surface area contributed by atoms with E-state index < -0.39 is 0 Å². The van der Waals surface area contributed by atoms with Crippen molar-refractivity contribution < 1.29 is 9.53 Å². The highest BCUT2D eigenvalue weighted by Crippen LogP contribution is 2.28. The number of aryl methyl sites for hydroxylation is 1. The van der Waals surface area contributed by atoms with Crippen LogP contribution in [0.25, 0.3) is 0 Å². The number of ether oxygens (including phenoxy) is 1. The van der Waals surface area contributed by atoms with Crippen molar-refractivity contribution in [3.8, 4) is 5.75 Å². The molecule has 110 valence electrons. The minimum Gasteiger partial charge on any atom is -0.496 e. The van der Waals surface area contributed by atoms with Gasteiger partial charge in [-0.25, -0.2) is 0 Å². The molecule has 1 fully saturated rings. The summed E-state index contributed by atoms with van der Waals surface area (Å²) in [6.45, 7) is 4.08. The van der Waals surface area contributed by atoms with Crippen molar-refractivity contribution in [1.29, 1.82) is 0 Å². The Hall–Kier alpha value is -1.51. The summed E-state index contributed by atoms with van der Waals surface area (Å²) in [6, 6.07) is 6.07. The molecule has 1 aliphatic rings. The van der Waals surface area contributed by atoms with E-state index in [1.807, 2.05) is 19.1 Å². The predicted octanol–water partition coefficient (Wildman–Crippen LogP) is 3.76. The molecule has 0 spiro atoms. The van der Waals surface area contributed by atoms with Crippen molar-refractivity contribution in [2.45, 2.75) is 52.0 Å². The van der Waals surface area contributed by atoms with Gasteiger partial charge in [0.25, 0.3) is 0 Å². The molecule has 0 saturated heterocycles. The first-order valence-corrected chi connectivity index (χ1v) is 7.56. The molecule has 3 heteroatoms. The molecule has 20 heavy (non-hydrogen) atoms. The maximum atomic E-state index is 12.3. The number of benzene rings is 1. The number of amides is 1. The predicted molar refractivity (Wildman–Crippen MR) is 80.9 cm³/mol. The average molecular weight is 275 g/mol. The standard InChI is InChI=1S/C17H25NO2/c1-12-9-10-16(20-3)15(11-12)13(2)18-17(19)14-7-5-4-6-8-14/h9-11,13-14H,4-8H2,1-3H3,(H,18,19)/t13-/m0/s1. The van der Waals surface area contributed by atoms with Crippen molar-refractivity contribution >= 4 is 5.91 Å². The van der Waals surface area contributed by atoms with Gasteiger partial charge in [-0.05, 0) is 32.8 Å². The fourth-order valence-corrected chi connectivity index (χ4v) is 2.97. The second kappa shape index (κ2) is 6.78. The van der Waals surface area contributed by atoms with Gasteiger partial charge in [0.1, 0.15) is 5.75 Å². The average Bonchev–Trinajstić information content (AvgIpc) is 2.48. The van der Waals surface area contributed by atoms with Crippen LogP contribution in [0.5, 0.6) is 5.75 Å². The van der Waals surface area contributed by atoms with E-state index in [0.717, 1.165) is 24.2 Å². The third kappa shape index (κ3) is 3.53. The van der Waals surface area contributed by atoms with Gasteiger partial charge in [-0.15, -0.1) is 0 Å². The van der Waals surface area contributed by atoms with Crippen LogP contribution in [0.1, 0.15) is 56.2 Å². The van der Waals surface area contributed by atoms with Gasteiger partial charge in [-0.2, -0.15) is 0 Å². The molecule has 2 rings (SSSR count). The molecule has 1 aromatic rings. The lowest BCUT2D eigenvalue weighted by Gasteiger charge is -2.24. The van der Waals surface area contributed by atoms with Crippen molar-refractivity contribution in [2.24, 2.45) is 5.92 Å². The quantitative estimate of drug-likeness (QED) is 0.908. The first kappa shape index (κ1) is 14.9. The maximum absolute atomic E-state index is 12.3. The summed E-state index contributed by atoms with van der Waals surface area (Å²) in [5.74, 6) is 1.23. The minimum absolute atomic E-state index is 0.0146. The summed E-state index contributed by atoms with van der Waals surface area (Å²) in [4.78, 5) is 12.3. The Morgan fingerprint density at radius 2 is 2.00 bits per heavy atom. The van der Waals surface area contributed by atoms with Crippen LogP contribution in [-0.4, -0.2) is 13.0 Å². The molecule has 3 nitrogen and oxygen atoms in total. The summed E-state index contributed by atoms with van der Waals surface area (Å²) in [5.41, 5.74) is 2.23. The normalized spacial score (nSPS) is 17.6. The summed E-state index contributed by atoms with van der Waals surface area (Å²) in [7, 11) is 1.67. The number of carbonyl (C=O) groups excluding carboxylic acids is 1. The lowest BCUT2D eigenvalue weighted by molar-refractivity contribution is -0.126. The molecular formula is C17H25NO2. The van der Waals surface area contributed by atoms with E-state index in [4.69, 9.17) is 4.74 Å². The summed E-state index contributed by atoms with van der Waals surface area (Å²) >= 11 is 0. The Balaban J connectivity index is 2.05. The van der Waals surface area contributed by atoms with E-state index in [0.29, 0.717) is 0 Å². The lowest BCUT2D eigenvalue weighted by atomic mass is 9.88. The molecule has 1 N–H and O–H groups in total. The summed E-state index contributed by atoms with van der Waals surface area (Å²) in [6.07, 6.45) is 5.69. The van der Waals surface area contributed by atoms with Crippen LogP contribution in [0.2, 0.25) is 0 Å². The van der Waals surface area contributed by atoms with Crippen LogP contribution in [0.4, 0.5) is 0 Å². The second-order valence-corrected chi connectivity index (χ2v) is 5.81. The van der Waals surface area contributed by atoms with E-state index in [1.54, 1.807) is 7.11 Å². The molecule has 0 heterocycles. The Bertz CT molecular complexity index is 464. The van der Waals surface area contributed by atoms with Crippen LogP contribution >= 0.6 is 0 Å². The van der Waals surface area contributed by atoms with Gasteiger partial charge in [0.2, 0.25) is 5.91 Å². The lowest BCUT2D eigenvalue weighted by Crippen LogP contribution is -2.34. The van der Waals surface area contributed by atoms with Crippen LogP contribution in [0.15, 0.2) is 18.2 Å². The zero-order valence-electron chi connectivity index (χ0n) is 12.7. The zero-order chi connectivity index (χ0) is 14.5. The van der Waals surface area contributed by atoms with Gasteiger partial charge in [0.05, 0.1) is 13.2 Å². The molecule has 1 aliphatic carbocycles. The Morgan fingerprint density at radius 3 is 2.65 bits per heavy atom. The zero-order valence-corrected chi connectivity index (χ0v) is 12.7. The third-order valence-corrected chi connectivity index (χ3v) is 4.19. The SMILES string of the molecule is COc1ccc(C)cc1[C@H](C)NC(=O)C1CCCCC1. The molecular weight excluding hydrogens is 250 g/mol. The van der Waals surface area contributed by atoms with Gasteiger partial charge < -0.3 is 10.1 Å². The topological polar surface area (TPSA) is 38.3 Å². The monoisotopic (exact) mass is 275 g/mol. The summed E-state index contributed by atoms with van der Waals surface area (Å²) in [5, 5.41) is 3.15. The number of hydrogen-bond acceptors (Lipinski definition) is 2. The van der Waals surface area contributed by atoms with Crippen LogP contribution in [0, 0.1) is 12.8 Å². The first-order valence-electron chi connectivity index (χ1n) is 7.56. The molecule has 0 unspecified atom stereocenters. The molecule has 0 aromatic heterocycles. The van der Waals surface area contributed by atoms with Crippen molar-refractivity contribution in [3.63, 3.8) is 0 Å². The molecule has 1 saturated carbocycles. The molecule has 0 bridgehead atoms. The summed E-state index contributed by atoms with van der Waals surface area (Å²) < 4.78 is 5.40. The first-order chi connectivity index (χ1) is 9.61. The number of nitrogens with one attached hydrogen (secondary N) is 1. The van der Waals surface area contributed by atoms with Crippen LogP contribution < -0.4 is 10.1 Å². The number of hydrogen-bond donors (Lipinski definition) is 1. The second-order valence-electron chi connectivity index (χ2n) is 5.81. The fourth-order valence-electron chi connectivity index (χ4n) is 2.97. The largest absolute Gasteiger partial charge is 0.496 e. The highest BCUT2D eigenvalue weighted by molar-refractivity contribution is 5.79. The Labute approximate surface area is 121 Å². The van der Waals surface area contributed by atoms with E-state index in [-0.39, 0.29) is 17.9 Å². The van der Waals surface area contributed by atoms with Gasteiger partial charge in [0, 0.05) is 11.5 Å². The molecule has 1 atom stereocenters. The highest BCUT2D eigenvalue weighted by Gasteiger charge is 2.23. The maximum Gasteiger partial charge on any atom is 0.223 e. The molecule has 1 amide bonds. The fraction of sp³-hybridized carbons (Fsp3) is 0.588. The van der Waals surface area contributed by atoms with Gasteiger partial charge >= 0.3 is 0 Å². The van der Waals surface area contributed by atoms with E-state index >= 15 is 0 Å². The molecule has 0 radical (unpaired) electrons. The van der Waals surface area contributed by atoms with E-state index in [2.05, 4.69) is 18.3 Å². The van der Waals surface area contributed by atoms with E-state index in [1.165, 1.54) is 24.8 Å². The smallest absolute Gasteiger partial charge is 0.223 e. The third-order valence-electron chi connectivity index (χ3n) is 4.19.